The highest BCUT2D eigenvalue weighted by atomic mass is 16.3. The third kappa shape index (κ3) is 1.72. The number of hydrogen-bond acceptors (Lipinski definition) is 2. The van der Waals surface area contributed by atoms with Gasteiger partial charge in [-0.1, -0.05) is 6.42 Å². The van der Waals surface area contributed by atoms with Crippen LogP contribution in [0.1, 0.15) is 44.9 Å². The van der Waals surface area contributed by atoms with Gasteiger partial charge in [-0.25, -0.2) is 0 Å². The second-order valence-corrected chi connectivity index (χ2v) is 5.73. The van der Waals surface area contributed by atoms with Crippen molar-refractivity contribution >= 4 is 0 Å². The van der Waals surface area contributed by atoms with Crippen LogP contribution in [-0.2, 0) is 0 Å². The summed E-state index contributed by atoms with van der Waals surface area (Å²) >= 11 is 0. The number of nitrogens with zero attached hydrogens (tertiary/aromatic N) is 1. The molecule has 2 bridgehead atoms. The van der Waals surface area contributed by atoms with Crippen molar-refractivity contribution in [3.05, 3.63) is 0 Å². The first-order valence-corrected chi connectivity index (χ1v) is 6.78. The second kappa shape index (κ2) is 4.06. The molecular formula is C13H23NO. The van der Waals surface area contributed by atoms with E-state index in [-0.39, 0.29) is 6.10 Å². The number of piperidine rings is 1. The summed E-state index contributed by atoms with van der Waals surface area (Å²) in [7, 11) is 0. The van der Waals surface area contributed by atoms with E-state index in [1.807, 2.05) is 0 Å². The lowest BCUT2D eigenvalue weighted by atomic mass is 9.81. The molecule has 3 aliphatic rings. The summed E-state index contributed by atoms with van der Waals surface area (Å²) in [6, 6.07) is 0.721. The van der Waals surface area contributed by atoms with Gasteiger partial charge in [0.1, 0.15) is 0 Å². The topological polar surface area (TPSA) is 23.5 Å². The Kier molecular flexibility index (Phi) is 2.73. The monoisotopic (exact) mass is 209 g/mol. The molecule has 1 saturated heterocycles. The predicted molar refractivity (Wildman–Crippen MR) is 60.7 cm³/mol. The van der Waals surface area contributed by atoms with Gasteiger partial charge in [0.25, 0.3) is 0 Å². The summed E-state index contributed by atoms with van der Waals surface area (Å²) in [4.78, 5) is 2.68. The van der Waals surface area contributed by atoms with E-state index < -0.39 is 0 Å². The van der Waals surface area contributed by atoms with Crippen molar-refractivity contribution < 1.29 is 5.11 Å². The van der Waals surface area contributed by atoms with Crippen LogP contribution in [0.25, 0.3) is 0 Å². The van der Waals surface area contributed by atoms with Gasteiger partial charge in [-0.2, -0.15) is 0 Å². The molecule has 2 aliphatic carbocycles. The van der Waals surface area contributed by atoms with Crippen LogP contribution in [0, 0.1) is 11.8 Å². The van der Waals surface area contributed by atoms with Gasteiger partial charge in [0.15, 0.2) is 0 Å². The fourth-order valence-corrected chi connectivity index (χ4v) is 4.14. The smallest absolute Gasteiger partial charge is 0.0611 e. The van der Waals surface area contributed by atoms with E-state index in [1.54, 1.807) is 0 Å². The van der Waals surface area contributed by atoms with Crippen LogP contribution >= 0.6 is 0 Å². The van der Waals surface area contributed by atoms with Crippen LogP contribution in [0.3, 0.4) is 0 Å². The van der Waals surface area contributed by atoms with Crippen molar-refractivity contribution in [2.75, 3.05) is 13.1 Å². The molecule has 86 valence electrons. The van der Waals surface area contributed by atoms with Gasteiger partial charge < -0.3 is 10.0 Å². The SMILES string of the molecule is O[C@@H]1[C@H]2CC[C@H]1[C@H](N1CCCCC1)CC2. The minimum atomic E-state index is 0.0330. The molecule has 2 nitrogen and oxygen atoms in total. The second-order valence-electron chi connectivity index (χ2n) is 5.73. The summed E-state index contributed by atoms with van der Waals surface area (Å²) in [5.41, 5.74) is 0. The van der Waals surface area contributed by atoms with Gasteiger partial charge in [0.05, 0.1) is 6.10 Å². The van der Waals surface area contributed by atoms with Crippen molar-refractivity contribution in [1.82, 2.24) is 4.90 Å². The summed E-state index contributed by atoms with van der Waals surface area (Å²) in [5, 5.41) is 10.2. The fourth-order valence-electron chi connectivity index (χ4n) is 4.14. The molecule has 0 aromatic rings. The quantitative estimate of drug-likeness (QED) is 0.714. The van der Waals surface area contributed by atoms with E-state index in [0.717, 1.165) is 6.04 Å². The third-order valence-corrected chi connectivity index (χ3v) is 4.98. The summed E-state index contributed by atoms with van der Waals surface area (Å²) in [5.74, 6) is 1.26. The molecule has 4 atom stereocenters. The van der Waals surface area contributed by atoms with E-state index in [1.165, 1.54) is 58.0 Å². The molecule has 15 heavy (non-hydrogen) atoms. The molecule has 1 heterocycles. The molecule has 1 N–H and O–H groups in total. The largest absolute Gasteiger partial charge is 0.392 e. The first kappa shape index (κ1) is 10.1. The van der Waals surface area contributed by atoms with Crippen LogP contribution in [0.5, 0.6) is 0 Å². The lowest BCUT2D eigenvalue weighted by molar-refractivity contribution is -0.00651. The van der Waals surface area contributed by atoms with Crippen molar-refractivity contribution in [1.29, 1.82) is 0 Å². The van der Waals surface area contributed by atoms with Crippen molar-refractivity contribution in [3.63, 3.8) is 0 Å². The average molecular weight is 209 g/mol. The van der Waals surface area contributed by atoms with Crippen molar-refractivity contribution in [2.24, 2.45) is 11.8 Å². The zero-order valence-electron chi connectivity index (χ0n) is 9.57. The maximum absolute atomic E-state index is 10.2. The van der Waals surface area contributed by atoms with Crippen LogP contribution in [0.2, 0.25) is 0 Å². The van der Waals surface area contributed by atoms with Gasteiger partial charge in [0, 0.05) is 12.0 Å². The molecule has 1 aliphatic heterocycles. The van der Waals surface area contributed by atoms with Crippen LogP contribution in [-0.4, -0.2) is 35.2 Å². The predicted octanol–water partition coefficient (Wildman–Crippen LogP) is 2.02. The van der Waals surface area contributed by atoms with E-state index in [9.17, 15) is 5.11 Å². The Labute approximate surface area is 92.7 Å². The van der Waals surface area contributed by atoms with Gasteiger partial charge in [-0.05, 0) is 57.5 Å². The third-order valence-electron chi connectivity index (χ3n) is 4.98. The molecule has 2 saturated carbocycles. The zero-order valence-corrected chi connectivity index (χ0v) is 9.57. The minimum absolute atomic E-state index is 0.0330. The Hall–Kier alpha value is -0.0800. The molecule has 0 unspecified atom stereocenters. The minimum Gasteiger partial charge on any atom is -0.392 e. The number of hydrogen-bond donors (Lipinski definition) is 1. The lowest BCUT2D eigenvalue weighted by Crippen LogP contribution is -2.48. The Morgan fingerprint density at radius 1 is 0.867 bits per heavy atom. The zero-order chi connectivity index (χ0) is 10.3. The maximum Gasteiger partial charge on any atom is 0.0611 e. The first-order valence-electron chi connectivity index (χ1n) is 6.78. The molecule has 0 aromatic carbocycles. The Bertz CT molecular complexity index is 225. The maximum atomic E-state index is 10.2. The van der Waals surface area contributed by atoms with Gasteiger partial charge in [-0.15, -0.1) is 0 Å². The van der Waals surface area contributed by atoms with E-state index in [0.29, 0.717) is 11.8 Å². The van der Waals surface area contributed by atoms with E-state index >= 15 is 0 Å². The van der Waals surface area contributed by atoms with Gasteiger partial charge in [0.2, 0.25) is 0 Å². The fraction of sp³-hybridized carbons (Fsp3) is 1.00. The first-order chi connectivity index (χ1) is 7.36. The Balaban J connectivity index is 1.69. The number of likely N-dealkylation sites (tertiary alicyclic amines) is 1. The normalized spacial score (nSPS) is 47.0. The molecular weight excluding hydrogens is 186 g/mol. The number of aliphatic hydroxyl groups is 1. The number of aliphatic hydroxyl groups excluding tert-OH is 1. The van der Waals surface area contributed by atoms with E-state index in [4.69, 9.17) is 0 Å². The molecule has 2 heteroatoms. The molecule has 0 aromatic heterocycles. The molecule has 3 rings (SSSR count). The van der Waals surface area contributed by atoms with Gasteiger partial charge >= 0.3 is 0 Å². The number of fused-ring (bicyclic) bond motifs is 2. The van der Waals surface area contributed by atoms with Crippen molar-refractivity contribution in [3.8, 4) is 0 Å². The van der Waals surface area contributed by atoms with Crippen LogP contribution < -0.4 is 0 Å². The molecule has 0 amide bonds. The van der Waals surface area contributed by atoms with E-state index in [2.05, 4.69) is 4.90 Å². The average Bonchev–Trinajstić information content (AvgIpc) is 2.54. The molecule has 0 spiro atoms. The Morgan fingerprint density at radius 2 is 1.60 bits per heavy atom. The highest BCUT2D eigenvalue weighted by Gasteiger charge is 2.45. The summed E-state index contributed by atoms with van der Waals surface area (Å²) in [6.45, 7) is 2.58. The number of rotatable bonds is 1. The standard InChI is InChI=1S/C13H23NO/c15-13-10-4-6-11(13)12(7-5-10)14-8-2-1-3-9-14/h10-13,15H,1-9H2/t10-,11-,12+,13+/m0/s1. The molecule has 3 fully saturated rings. The van der Waals surface area contributed by atoms with Crippen LogP contribution in [0.15, 0.2) is 0 Å². The molecule has 0 radical (unpaired) electrons. The highest BCUT2D eigenvalue weighted by Crippen LogP contribution is 2.44. The van der Waals surface area contributed by atoms with Gasteiger partial charge in [-0.3, -0.25) is 0 Å². The Morgan fingerprint density at radius 3 is 2.40 bits per heavy atom. The highest BCUT2D eigenvalue weighted by molar-refractivity contribution is 4.97. The summed E-state index contributed by atoms with van der Waals surface area (Å²) < 4.78 is 0. The van der Waals surface area contributed by atoms with Crippen molar-refractivity contribution in [2.45, 2.75) is 57.1 Å². The lowest BCUT2D eigenvalue weighted by Gasteiger charge is -2.42. The summed E-state index contributed by atoms with van der Waals surface area (Å²) in [6.07, 6.45) is 9.41. The van der Waals surface area contributed by atoms with Crippen LogP contribution in [0.4, 0.5) is 0 Å².